The number of nitrogens with zero attached hydrogens (tertiary/aromatic N) is 3. The summed E-state index contributed by atoms with van der Waals surface area (Å²) in [5.41, 5.74) is 1.16. The Morgan fingerprint density at radius 3 is 2.54 bits per heavy atom. The average molecular weight is 329 g/mol. The van der Waals surface area contributed by atoms with E-state index in [0.717, 1.165) is 58.4 Å². The van der Waals surface area contributed by atoms with Crippen molar-refractivity contribution in [1.82, 2.24) is 9.88 Å². The maximum Gasteiger partial charge on any atom is 0.312 e. The van der Waals surface area contributed by atoms with Crippen LogP contribution in [0.3, 0.4) is 0 Å². The monoisotopic (exact) mass is 329 g/mol. The molecule has 1 atom stereocenters. The molecule has 1 saturated carbocycles. The first-order valence-corrected chi connectivity index (χ1v) is 9.34. The topological polar surface area (TPSA) is 45.7 Å². The Bertz CT molecular complexity index is 563. The molecule has 2 saturated heterocycles. The Morgan fingerprint density at radius 1 is 1.12 bits per heavy atom. The molecule has 0 radical (unpaired) electrons. The van der Waals surface area contributed by atoms with E-state index >= 15 is 0 Å². The molecule has 0 N–H and O–H groups in total. The van der Waals surface area contributed by atoms with Crippen LogP contribution in [0.25, 0.3) is 0 Å². The lowest BCUT2D eigenvalue weighted by molar-refractivity contribution is -0.148. The van der Waals surface area contributed by atoms with Crippen molar-refractivity contribution in [3.8, 4) is 0 Å². The zero-order valence-electron chi connectivity index (χ0n) is 14.3. The predicted molar refractivity (Wildman–Crippen MR) is 92.9 cm³/mol. The standard InChI is InChI=1S/C19H27N3O2/c23-18-19(6-1-2-7-19)15-17(24-18)5-10-21-11-13-22(14-12-21)16-3-8-20-9-4-16/h3-4,8-9,17H,1-2,5-7,10-15H2/t17-/m0/s1. The Balaban J connectivity index is 1.23. The van der Waals surface area contributed by atoms with Gasteiger partial charge in [0.05, 0.1) is 5.41 Å². The van der Waals surface area contributed by atoms with E-state index in [1.54, 1.807) is 0 Å². The molecule has 0 bridgehead atoms. The molecule has 4 rings (SSSR count). The number of carbonyl (C=O) groups is 1. The number of cyclic esters (lactones) is 1. The van der Waals surface area contributed by atoms with Gasteiger partial charge < -0.3 is 9.64 Å². The molecular weight excluding hydrogens is 302 g/mol. The summed E-state index contributed by atoms with van der Waals surface area (Å²) < 4.78 is 5.70. The van der Waals surface area contributed by atoms with Crippen LogP contribution in [0.2, 0.25) is 0 Å². The Hall–Kier alpha value is -1.62. The summed E-state index contributed by atoms with van der Waals surface area (Å²) >= 11 is 0. The van der Waals surface area contributed by atoms with E-state index in [0.29, 0.717) is 0 Å². The molecule has 3 fully saturated rings. The summed E-state index contributed by atoms with van der Waals surface area (Å²) in [4.78, 5) is 21.2. The van der Waals surface area contributed by atoms with E-state index in [9.17, 15) is 4.79 Å². The zero-order chi connectivity index (χ0) is 16.4. The third-order valence-corrected chi connectivity index (χ3v) is 6.05. The maximum absolute atomic E-state index is 12.2. The number of carbonyl (C=O) groups excluding carboxylic acids is 1. The van der Waals surface area contributed by atoms with Gasteiger partial charge in [-0.2, -0.15) is 0 Å². The second-order valence-electron chi connectivity index (χ2n) is 7.54. The molecule has 1 aliphatic carbocycles. The van der Waals surface area contributed by atoms with Crippen LogP contribution in [0.4, 0.5) is 5.69 Å². The fourth-order valence-corrected chi connectivity index (χ4v) is 4.57. The molecule has 2 aliphatic heterocycles. The van der Waals surface area contributed by atoms with E-state index in [1.165, 1.54) is 18.5 Å². The normalized spacial score (nSPS) is 26.9. The number of hydrogen-bond donors (Lipinski definition) is 0. The number of piperazine rings is 1. The average Bonchev–Trinajstić information content (AvgIpc) is 3.22. The molecule has 1 aromatic heterocycles. The van der Waals surface area contributed by atoms with Crippen molar-refractivity contribution in [2.45, 2.75) is 44.6 Å². The van der Waals surface area contributed by atoms with Gasteiger partial charge in [0, 0.05) is 57.2 Å². The minimum atomic E-state index is -0.106. The lowest BCUT2D eigenvalue weighted by Crippen LogP contribution is -2.47. The van der Waals surface area contributed by atoms with Gasteiger partial charge in [0.2, 0.25) is 0 Å². The minimum absolute atomic E-state index is 0.0903. The van der Waals surface area contributed by atoms with Gasteiger partial charge in [-0.05, 0) is 31.4 Å². The van der Waals surface area contributed by atoms with Crippen LogP contribution >= 0.6 is 0 Å². The molecule has 5 heteroatoms. The Morgan fingerprint density at radius 2 is 1.83 bits per heavy atom. The summed E-state index contributed by atoms with van der Waals surface area (Å²) in [7, 11) is 0. The molecule has 0 aromatic carbocycles. The molecule has 130 valence electrons. The predicted octanol–water partition coefficient (Wildman–Crippen LogP) is 2.47. The highest BCUT2D eigenvalue weighted by Gasteiger charge is 2.50. The Kier molecular flexibility index (Phi) is 4.44. The van der Waals surface area contributed by atoms with E-state index in [4.69, 9.17) is 4.74 Å². The van der Waals surface area contributed by atoms with E-state index in [1.807, 2.05) is 12.4 Å². The Labute approximate surface area is 144 Å². The summed E-state index contributed by atoms with van der Waals surface area (Å²) in [6, 6.07) is 4.16. The smallest absolute Gasteiger partial charge is 0.312 e. The first kappa shape index (κ1) is 15.9. The van der Waals surface area contributed by atoms with Crippen LogP contribution in [0, 0.1) is 5.41 Å². The van der Waals surface area contributed by atoms with Crippen LogP contribution in [-0.2, 0) is 9.53 Å². The molecule has 24 heavy (non-hydrogen) atoms. The molecule has 0 unspecified atom stereocenters. The SMILES string of the molecule is O=C1O[C@@H](CCN2CCN(c3ccncc3)CC2)CC12CCCC2. The largest absolute Gasteiger partial charge is 0.462 e. The lowest BCUT2D eigenvalue weighted by atomic mass is 9.83. The number of esters is 1. The van der Waals surface area contributed by atoms with E-state index in [2.05, 4.69) is 26.9 Å². The number of aromatic nitrogens is 1. The molecule has 3 heterocycles. The zero-order valence-corrected chi connectivity index (χ0v) is 14.3. The summed E-state index contributed by atoms with van der Waals surface area (Å²) in [5.74, 6) is 0.0903. The van der Waals surface area contributed by atoms with Gasteiger partial charge in [-0.3, -0.25) is 14.7 Å². The minimum Gasteiger partial charge on any atom is -0.462 e. The second-order valence-corrected chi connectivity index (χ2v) is 7.54. The van der Waals surface area contributed by atoms with Crippen molar-refractivity contribution in [2.75, 3.05) is 37.6 Å². The molecular formula is C19H27N3O2. The van der Waals surface area contributed by atoms with Crippen LogP contribution in [-0.4, -0.2) is 54.7 Å². The molecule has 1 spiro atoms. The number of ether oxygens (including phenoxy) is 1. The van der Waals surface area contributed by atoms with E-state index < -0.39 is 0 Å². The summed E-state index contributed by atoms with van der Waals surface area (Å²) in [5, 5.41) is 0. The number of hydrogen-bond acceptors (Lipinski definition) is 5. The van der Waals surface area contributed by atoms with Crippen molar-refractivity contribution in [3.05, 3.63) is 24.5 Å². The van der Waals surface area contributed by atoms with Crippen LogP contribution in [0.5, 0.6) is 0 Å². The number of anilines is 1. The first-order chi connectivity index (χ1) is 11.8. The molecule has 1 aromatic rings. The van der Waals surface area contributed by atoms with Crippen molar-refractivity contribution >= 4 is 11.7 Å². The van der Waals surface area contributed by atoms with Crippen LogP contribution in [0.1, 0.15) is 38.5 Å². The molecule has 5 nitrogen and oxygen atoms in total. The fourth-order valence-electron chi connectivity index (χ4n) is 4.57. The van der Waals surface area contributed by atoms with Crippen molar-refractivity contribution in [1.29, 1.82) is 0 Å². The quantitative estimate of drug-likeness (QED) is 0.794. The first-order valence-electron chi connectivity index (χ1n) is 9.34. The van der Waals surface area contributed by atoms with Gasteiger partial charge in [-0.1, -0.05) is 12.8 Å². The molecule has 0 amide bonds. The van der Waals surface area contributed by atoms with Gasteiger partial charge in [0.15, 0.2) is 0 Å². The number of pyridine rings is 1. The van der Waals surface area contributed by atoms with Crippen molar-refractivity contribution in [2.24, 2.45) is 5.41 Å². The highest BCUT2D eigenvalue weighted by molar-refractivity contribution is 5.79. The third kappa shape index (κ3) is 3.14. The fraction of sp³-hybridized carbons (Fsp3) is 0.684. The van der Waals surface area contributed by atoms with E-state index in [-0.39, 0.29) is 17.5 Å². The highest BCUT2D eigenvalue weighted by atomic mass is 16.6. The van der Waals surface area contributed by atoms with Crippen molar-refractivity contribution < 1.29 is 9.53 Å². The van der Waals surface area contributed by atoms with Crippen molar-refractivity contribution in [3.63, 3.8) is 0 Å². The lowest BCUT2D eigenvalue weighted by Gasteiger charge is -2.36. The van der Waals surface area contributed by atoms with Crippen LogP contribution in [0.15, 0.2) is 24.5 Å². The third-order valence-electron chi connectivity index (χ3n) is 6.05. The van der Waals surface area contributed by atoms with Gasteiger partial charge >= 0.3 is 5.97 Å². The van der Waals surface area contributed by atoms with Gasteiger partial charge in [-0.25, -0.2) is 0 Å². The summed E-state index contributed by atoms with van der Waals surface area (Å²) in [6.07, 6.45) is 10.3. The summed E-state index contributed by atoms with van der Waals surface area (Å²) in [6.45, 7) is 5.30. The van der Waals surface area contributed by atoms with Gasteiger partial charge in [-0.15, -0.1) is 0 Å². The maximum atomic E-state index is 12.2. The number of rotatable bonds is 4. The van der Waals surface area contributed by atoms with Crippen LogP contribution < -0.4 is 4.90 Å². The van der Waals surface area contributed by atoms with Gasteiger partial charge in [0.25, 0.3) is 0 Å². The molecule has 3 aliphatic rings. The second kappa shape index (κ2) is 6.71. The van der Waals surface area contributed by atoms with Gasteiger partial charge in [0.1, 0.15) is 6.10 Å². The highest BCUT2D eigenvalue weighted by Crippen LogP contribution is 2.48.